The number of hydrogen-bond acceptors (Lipinski definition) is 4. The van der Waals surface area contributed by atoms with Crippen molar-refractivity contribution in [1.29, 1.82) is 0 Å². The van der Waals surface area contributed by atoms with Gasteiger partial charge in [-0.3, -0.25) is 4.79 Å². The molecule has 0 saturated carbocycles. The number of aromatic amines is 1. The summed E-state index contributed by atoms with van der Waals surface area (Å²) in [6.07, 6.45) is -0.322. The van der Waals surface area contributed by atoms with Gasteiger partial charge >= 0.3 is 6.09 Å². The van der Waals surface area contributed by atoms with Crippen LogP contribution < -0.4 is 0 Å². The molecule has 0 bridgehead atoms. The third kappa shape index (κ3) is 3.65. The van der Waals surface area contributed by atoms with Crippen molar-refractivity contribution in [2.24, 2.45) is 0 Å². The topological polar surface area (TPSA) is 78.5 Å². The number of benzene rings is 1. The van der Waals surface area contributed by atoms with E-state index in [9.17, 15) is 9.59 Å². The molecule has 25 heavy (non-hydrogen) atoms. The molecule has 1 aromatic carbocycles. The van der Waals surface area contributed by atoms with Gasteiger partial charge in [0.25, 0.3) is 5.91 Å². The fraction of sp³-hybridized carbons (Fsp3) is 0.389. The largest absolute Gasteiger partial charge is 0.450 e. The summed E-state index contributed by atoms with van der Waals surface area (Å²) in [6.45, 7) is 5.88. The van der Waals surface area contributed by atoms with E-state index in [0.29, 0.717) is 44.3 Å². The molecule has 2 aromatic rings. The number of ether oxygens (including phenoxy) is 1. The van der Waals surface area contributed by atoms with Crippen molar-refractivity contribution in [3.05, 3.63) is 41.7 Å². The summed E-state index contributed by atoms with van der Waals surface area (Å²) >= 11 is 0. The Bertz CT molecular complexity index is 749. The minimum absolute atomic E-state index is 0.112. The molecule has 0 spiro atoms. The molecule has 0 radical (unpaired) electrons. The van der Waals surface area contributed by atoms with Gasteiger partial charge in [-0.15, -0.1) is 0 Å². The highest BCUT2D eigenvalue weighted by Gasteiger charge is 2.27. The van der Waals surface area contributed by atoms with E-state index in [2.05, 4.69) is 9.97 Å². The summed E-state index contributed by atoms with van der Waals surface area (Å²) in [7, 11) is 0. The maximum atomic E-state index is 12.8. The molecule has 7 nitrogen and oxygen atoms in total. The van der Waals surface area contributed by atoms with E-state index in [1.165, 1.54) is 0 Å². The number of nitrogens with zero attached hydrogens (tertiary/aromatic N) is 3. The third-order valence-electron chi connectivity index (χ3n) is 4.23. The summed E-state index contributed by atoms with van der Waals surface area (Å²) < 4.78 is 5.00. The van der Waals surface area contributed by atoms with Crippen LogP contribution in [0.3, 0.4) is 0 Å². The van der Waals surface area contributed by atoms with Crippen LogP contribution in [-0.2, 0) is 4.74 Å². The second-order valence-corrected chi connectivity index (χ2v) is 5.90. The number of imidazole rings is 1. The zero-order valence-corrected chi connectivity index (χ0v) is 14.5. The van der Waals surface area contributed by atoms with Crippen molar-refractivity contribution in [2.45, 2.75) is 13.8 Å². The Hall–Kier alpha value is -2.83. The van der Waals surface area contributed by atoms with E-state index >= 15 is 0 Å². The summed E-state index contributed by atoms with van der Waals surface area (Å²) in [5, 5.41) is 0. The number of nitrogens with one attached hydrogen (secondary N) is 1. The van der Waals surface area contributed by atoms with Gasteiger partial charge in [0.15, 0.2) is 0 Å². The molecule has 1 aliphatic heterocycles. The van der Waals surface area contributed by atoms with E-state index in [-0.39, 0.29) is 12.0 Å². The molecular formula is C18H22N4O3. The fourth-order valence-electron chi connectivity index (χ4n) is 2.86. The second kappa shape index (κ2) is 7.38. The summed E-state index contributed by atoms with van der Waals surface area (Å²) in [6, 6.07) is 9.70. The van der Waals surface area contributed by atoms with Gasteiger partial charge in [-0.2, -0.15) is 0 Å². The Balaban J connectivity index is 1.68. The maximum Gasteiger partial charge on any atom is 0.409 e. The lowest BCUT2D eigenvalue weighted by atomic mass is 10.2. The van der Waals surface area contributed by atoms with Crippen LogP contribution in [0.25, 0.3) is 11.4 Å². The minimum Gasteiger partial charge on any atom is -0.450 e. The van der Waals surface area contributed by atoms with Crippen LogP contribution in [0, 0.1) is 6.92 Å². The number of carbonyl (C=O) groups is 2. The Morgan fingerprint density at radius 2 is 1.76 bits per heavy atom. The van der Waals surface area contributed by atoms with Gasteiger partial charge in [0.2, 0.25) is 0 Å². The number of carbonyl (C=O) groups excluding carboxylic acids is 2. The highest BCUT2D eigenvalue weighted by molar-refractivity contribution is 5.94. The maximum absolute atomic E-state index is 12.8. The van der Waals surface area contributed by atoms with E-state index in [1.54, 1.807) is 16.7 Å². The highest BCUT2D eigenvalue weighted by Crippen LogP contribution is 2.19. The number of amides is 2. The number of aryl methyl sites for hydroxylation is 1. The molecule has 0 atom stereocenters. The number of rotatable bonds is 3. The molecule has 3 rings (SSSR count). The van der Waals surface area contributed by atoms with Crippen LogP contribution in [0.4, 0.5) is 4.79 Å². The zero-order chi connectivity index (χ0) is 17.8. The predicted molar refractivity (Wildman–Crippen MR) is 93.3 cm³/mol. The van der Waals surface area contributed by atoms with Gasteiger partial charge in [0, 0.05) is 37.4 Å². The van der Waals surface area contributed by atoms with Crippen LogP contribution in [0.5, 0.6) is 0 Å². The zero-order valence-electron chi connectivity index (χ0n) is 14.5. The molecule has 1 aliphatic rings. The van der Waals surface area contributed by atoms with Crippen LogP contribution in [0.2, 0.25) is 0 Å². The minimum atomic E-state index is -0.322. The molecule has 1 fully saturated rings. The number of piperazine rings is 1. The van der Waals surface area contributed by atoms with Crippen molar-refractivity contribution in [3.8, 4) is 11.4 Å². The van der Waals surface area contributed by atoms with Crippen LogP contribution >= 0.6 is 0 Å². The van der Waals surface area contributed by atoms with Gasteiger partial charge in [-0.1, -0.05) is 30.3 Å². The van der Waals surface area contributed by atoms with Gasteiger partial charge in [0.1, 0.15) is 11.5 Å². The monoisotopic (exact) mass is 342 g/mol. The first-order chi connectivity index (χ1) is 12.1. The number of aromatic nitrogens is 2. The van der Waals surface area contributed by atoms with Gasteiger partial charge < -0.3 is 19.5 Å². The van der Waals surface area contributed by atoms with Gasteiger partial charge in [-0.25, -0.2) is 9.78 Å². The van der Waals surface area contributed by atoms with E-state index in [4.69, 9.17) is 4.74 Å². The smallest absolute Gasteiger partial charge is 0.409 e. The normalized spacial score (nSPS) is 14.5. The first-order valence-corrected chi connectivity index (χ1v) is 8.43. The SMILES string of the molecule is CCOC(=O)N1CCN(C(=O)c2nc(-c3ccccc3)[nH]c2C)CC1. The third-order valence-corrected chi connectivity index (χ3v) is 4.23. The summed E-state index contributed by atoms with van der Waals surface area (Å²) in [5.41, 5.74) is 2.12. The first kappa shape index (κ1) is 17.0. The van der Waals surface area contributed by atoms with Crippen molar-refractivity contribution in [2.75, 3.05) is 32.8 Å². The molecule has 1 saturated heterocycles. The molecular weight excluding hydrogens is 320 g/mol. The van der Waals surface area contributed by atoms with Crippen LogP contribution in [0.15, 0.2) is 30.3 Å². The second-order valence-electron chi connectivity index (χ2n) is 5.90. The first-order valence-electron chi connectivity index (χ1n) is 8.43. The Labute approximate surface area is 146 Å². The molecule has 0 unspecified atom stereocenters. The standard InChI is InChI=1S/C18H22N4O3/c1-3-25-18(24)22-11-9-21(10-12-22)17(23)15-13(2)19-16(20-15)14-7-5-4-6-8-14/h4-8H,3,9-12H2,1-2H3,(H,19,20). The average molecular weight is 342 g/mol. The molecule has 2 heterocycles. The van der Waals surface area contributed by atoms with Gasteiger partial charge in [-0.05, 0) is 13.8 Å². The number of hydrogen-bond donors (Lipinski definition) is 1. The van der Waals surface area contributed by atoms with Crippen LogP contribution in [-0.4, -0.2) is 64.6 Å². The van der Waals surface area contributed by atoms with Crippen molar-refractivity contribution < 1.29 is 14.3 Å². The molecule has 1 aromatic heterocycles. The lowest BCUT2D eigenvalue weighted by molar-refractivity contribution is 0.0566. The molecule has 132 valence electrons. The van der Waals surface area contributed by atoms with E-state index < -0.39 is 0 Å². The quantitative estimate of drug-likeness (QED) is 0.928. The van der Waals surface area contributed by atoms with Crippen molar-refractivity contribution >= 4 is 12.0 Å². The molecule has 7 heteroatoms. The fourth-order valence-corrected chi connectivity index (χ4v) is 2.86. The van der Waals surface area contributed by atoms with Crippen molar-refractivity contribution in [1.82, 2.24) is 19.8 Å². The number of H-pyrrole nitrogens is 1. The predicted octanol–water partition coefficient (Wildman–Crippen LogP) is 2.30. The highest BCUT2D eigenvalue weighted by atomic mass is 16.6. The lowest BCUT2D eigenvalue weighted by Crippen LogP contribution is -2.50. The molecule has 2 amide bonds. The van der Waals surface area contributed by atoms with Crippen LogP contribution in [0.1, 0.15) is 23.1 Å². The Kier molecular flexibility index (Phi) is 5.02. The Morgan fingerprint density at radius 3 is 2.40 bits per heavy atom. The lowest BCUT2D eigenvalue weighted by Gasteiger charge is -2.33. The average Bonchev–Trinajstić information content (AvgIpc) is 3.04. The molecule has 1 N–H and O–H groups in total. The van der Waals surface area contributed by atoms with E-state index in [0.717, 1.165) is 11.3 Å². The summed E-state index contributed by atoms with van der Waals surface area (Å²) in [4.78, 5) is 35.5. The van der Waals surface area contributed by atoms with Crippen molar-refractivity contribution in [3.63, 3.8) is 0 Å². The van der Waals surface area contributed by atoms with Gasteiger partial charge in [0.05, 0.1) is 6.61 Å². The Morgan fingerprint density at radius 1 is 1.12 bits per heavy atom. The molecule has 0 aliphatic carbocycles. The van der Waals surface area contributed by atoms with E-state index in [1.807, 2.05) is 37.3 Å². The summed E-state index contributed by atoms with van der Waals surface area (Å²) in [5.74, 6) is 0.575.